The summed E-state index contributed by atoms with van der Waals surface area (Å²) in [7, 11) is 3.08. The van der Waals surface area contributed by atoms with Crippen LogP contribution in [-0.4, -0.2) is 20.1 Å². The maximum atomic E-state index is 12.1. The Hall–Kier alpha value is -3.46. The van der Waals surface area contributed by atoms with Gasteiger partial charge >= 0.3 is 0 Å². The first-order valence-electron chi connectivity index (χ1n) is 7.13. The average Bonchev–Trinajstić information content (AvgIpc) is 2.62. The molecule has 0 saturated heterocycles. The second kappa shape index (κ2) is 8.25. The summed E-state index contributed by atoms with van der Waals surface area (Å²) in [6.07, 6.45) is 1.35. The van der Waals surface area contributed by atoms with Crippen LogP contribution in [0.25, 0.3) is 0 Å². The third kappa shape index (κ3) is 4.27. The molecular weight excluding hydrogens is 306 g/mol. The lowest BCUT2D eigenvalue weighted by atomic mass is 10.2. The van der Waals surface area contributed by atoms with Crippen LogP contribution in [0.1, 0.15) is 0 Å². The van der Waals surface area contributed by atoms with Crippen molar-refractivity contribution in [1.29, 1.82) is 5.26 Å². The van der Waals surface area contributed by atoms with Crippen molar-refractivity contribution < 1.29 is 14.3 Å². The second-order valence-electron chi connectivity index (χ2n) is 4.70. The van der Waals surface area contributed by atoms with Gasteiger partial charge in [0.15, 0.2) is 11.5 Å². The Bertz CT molecular complexity index is 780. The predicted molar refractivity (Wildman–Crippen MR) is 91.9 cm³/mol. The van der Waals surface area contributed by atoms with Gasteiger partial charge in [-0.1, -0.05) is 18.2 Å². The number of benzene rings is 2. The molecule has 0 saturated carbocycles. The quantitative estimate of drug-likeness (QED) is 0.630. The average molecular weight is 323 g/mol. The van der Waals surface area contributed by atoms with Crippen molar-refractivity contribution in [3.63, 3.8) is 0 Å². The molecule has 2 aromatic rings. The molecule has 2 N–H and O–H groups in total. The lowest BCUT2D eigenvalue weighted by Gasteiger charge is -2.09. The molecule has 0 aliphatic carbocycles. The normalized spacial score (nSPS) is 10.5. The van der Waals surface area contributed by atoms with Gasteiger partial charge in [0.05, 0.1) is 14.2 Å². The summed E-state index contributed by atoms with van der Waals surface area (Å²) in [5.74, 6) is 0.647. The Balaban J connectivity index is 2.11. The molecule has 0 aliphatic rings. The van der Waals surface area contributed by atoms with Crippen molar-refractivity contribution in [2.45, 2.75) is 0 Å². The van der Waals surface area contributed by atoms with E-state index in [0.717, 1.165) is 0 Å². The van der Waals surface area contributed by atoms with E-state index in [9.17, 15) is 10.1 Å². The van der Waals surface area contributed by atoms with Gasteiger partial charge in [0.2, 0.25) is 0 Å². The number of carbonyl (C=O) groups is 1. The number of hydrogen-bond acceptors (Lipinski definition) is 5. The molecule has 0 heterocycles. The zero-order chi connectivity index (χ0) is 17.4. The molecule has 0 spiro atoms. The van der Waals surface area contributed by atoms with Gasteiger partial charge in [-0.3, -0.25) is 4.79 Å². The van der Waals surface area contributed by atoms with Gasteiger partial charge in [-0.25, -0.2) is 0 Å². The molecular formula is C18H17N3O3. The number of hydrogen-bond donors (Lipinski definition) is 2. The first kappa shape index (κ1) is 16.9. The summed E-state index contributed by atoms with van der Waals surface area (Å²) >= 11 is 0. The van der Waals surface area contributed by atoms with E-state index in [-0.39, 0.29) is 5.57 Å². The summed E-state index contributed by atoms with van der Waals surface area (Å²) in [4.78, 5) is 12.1. The Morgan fingerprint density at radius 3 is 2.38 bits per heavy atom. The van der Waals surface area contributed by atoms with E-state index in [0.29, 0.717) is 22.9 Å². The largest absolute Gasteiger partial charge is 0.493 e. The summed E-state index contributed by atoms with van der Waals surface area (Å²) in [6, 6.07) is 16.0. The molecule has 2 aromatic carbocycles. The minimum atomic E-state index is -0.489. The fourth-order valence-corrected chi connectivity index (χ4v) is 1.95. The minimum absolute atomic E-state index is 0.0476. The van der Waals surface area contributed by atoms with Crippen molar-refractivity contribution in [1.82, 2.24) is 0 Å². The van der Waals surface area contributed by atoms with Gasteiger partial charge in [-0.15, -0.1) is 0 Å². The van der Waals surface area contributed by atoms with E-state index in [1.807, 2.05) is 12.1 Å². The van der Waals surface area contributed by atoms with Crippen LogP contribution < -0.4 is 20.1 Å². The van der Waals surface area contributed by atoms with Crippen LogP contribution >= 0.6 is 0 Å². The second-order valence-corrected chi connectivity index (χ2v) is 4.70. The number of para-hydroxylation sites is 1. The van der Waals surface area contributed by atoms with Crippen molar-refractivity contribution in [2.75, 3.05) is 24.9 Å². The smallest absolute Gasteiger partial charge is 0.267 e. The molecule has 6 heteroatoms. The molecule has 0 atom stereocenters. The number of anilines is 2. The molecule has 0 aliphatic heterocycles. The Labute approximate surface area is 140 Å². The summed E-state index contributed by atoms with van der Waals surface area (Å²) in [6.45, 7) is 0. The highest BCUT2D eigenvalue weighted by Crippen LogP contribution is 2.29. The minimum Gasteiger partial charge on any atom is -0.493 e. The first-order chi connectivity index (χ1) is 11.7. The molecule has 0 radical (unpaired) electrons. The third-order valence-corrected chi connectivity index (χ3v) is 3.16. The topological polar surface area (TPSA) is 83.4 Å². The van der Waals surface area contributed by atoms with E-state index in [1.165, 1.54) is 13.3 Å². The highest BCUT2D eigenvalue weighted by molar-refractivity contribution is 6.06. The number of carbonyl (C=O) groups excluding carboxylic acids is 1. The maximum Gasteiger partial charge on any atom is 0.267 e. The van der Waals surface area contributed by atoms with E-state index >= 15 is 0 Å². The van der Waals surface area contributed by atoms with Crippen molar-refractivity contribution in [3.05, 3.63) is 60.3 Å². The fraction of sp³-hybridized carbons (Fsp3) is 0.111. The van der Waals surface area contributed by atoms with Crippen LogP contribution in [0.3, 0.4) is 0 Å². The van der Waals surface area contributed by atoms with E-state index < -0.39 is 5.91 Å². The zero-order valence-electron chi connectivity index (χ0n) is 13.4. The van der Waals surface area contributed by atoms with Crippen LogP contribution in [0.2, 0.25) is 0 Å². The number of nitriles is 1. The SMILES string of the molecule is COc1ccc(NC=C(C#N)C(=O)Nc2ccccc2)cc1OC. The van der Waals surface area contributed by atoms with Gasteiger partial charge in [-0.05, 0) is 24.3 Å². The number of amides is 1. The van der Waals surface area contributed by atoms with Crippen LogP contribution in [0, 0.1) is 11.3 Å². The summed E-state index contributed by atoms with van der Waals surface area (Å²) in [5, 5.41) is 14.7. The lowest BCUT2D eigenvalue weighted by Crippen LogP contribution is -2.14. The van der Waals surface area contributed by atoms with Crippen molar-refractivity contribution >= 4 is 17.3 Å². The van der Waals surface area contributed by atoms with Crippen LogP contribution in [0.4, 0.5) is 11.4 Å². The van der Waals surface area contributed by atoms with Crippen LogP contribution in [0.15, 0.2) is 60.3 Å². The molecule has 2 rings (SSSR count). The standard InChI is InChI=1S/C18H17N3O3/c1-23-16-9-8-15(10-17(16)24-2)20-12-13(11-19)18(22)21-14-6-4-3-5-7-14/h3-10,12,20H,1-2H3,(H,21,22). The Morgan fingerprint density at radius 2 is 1.75 bits per heavy atom. The first-order valence-corrected chi connectivity index (χ1v) is 7.13. The van der Waals surface area contributed by atoms with Gasteiger partial charge < -0.3 is 20.1 Å². The molecule has 0 unspecified atom stereocenters. The van der Waals surface area contributed by atoms with Crippen LogP contribution in [0.5, 0.6) is 11.5 Å². The molecule has 0 fully saturated rings. The number of methoxy groups -OCH3 is 2. The molecule has 1 amide bonds. The molecule has 0 aromatic heterocycles. The van der Waals surface area contributed by atoms with Gasteiger partial charge in [-0.2, -0.15) is 5.26 Å². The van der Waals surface area contributed by atoms with Crippen molar-refractivity contribution in [3.8, 4) is 17.6 Å². The van der Waals surface area contributed by atoms with E-state index in [1.54, 1.807) is 49.6 Å². The number of nitrogens with zero attached hydrogens (tertiary/aromatic N) is 1. The lowest BCUT2D eigenvalue weighted by molar-refractivity contribution is -0.112. The summed E-state index contributed by atoms with van der Waals surface area (Å²) < 4.78 is 10.4. The van der Waals surface area contributed by atoms with Gasteiger partial charge in [0.1, 0.15) is 11.6 Å². The Kier molecular flexibility index (Phi) is 5.81. The molecule has 24 heavy (non-hydrogen) atoms. The third-order valence-electron chi connectivity index (χ3n) is 3.16. The number of nitrogens with one attached hydrogen (secondary N) is 2. The molecule has 122 valence electrons. The van der Waals surface area contributed by atoms with Crippen LogP contribution in [-0.2, 0) is 4.79 Å². The van der Waals surface area contributed by atoms with Gasteiger partial charge in [0.25, 0.3) is 5.91 Å². The predicted octanol–water partition coefficient (Wildman–Crippen LogP) is 3.16. The highest BCUT2D eigenvalue weighted by Gasteiger charge is 2.09. The fourth-order valence-electron chi connectivity index (χ4n) is 1.95. The Morgan fingerprint density at radius 1 is 1.04 bits per heavy atom. The van der Waals surface area contributed by atoms with E-state index in [2.05, 4.69) is 10.6 Å². The molecule has 6 nitrogen and oxygen atoms in total. The molecule has 0 bridgehead atoms. The monoisotopic (exact) mass is 323 g/mol. The summed E-state index contributed by atoms with van der Waals surface area (Å²) in [5.41, 5.74) is 1.23. The van der Waals surface area contributed by atoms with Gasteiger partial charge in [0, 0.05) is 23.6 Å². The van der Waals surface area contributed by atoms with Crippen molar-refractivity contribution in [2.24, 2.45) is 0 Å². The zero-order valence-corrected chi connectivity index (χ0v) is 13.4. The number of rotatable bonds is 6. The number of ether oxygens (including phenoxy) is 2. The highest BCUT2D eigenvalue weighted by atomic mass is 16.5. The van der Waals surface area contributed by atoms with E-state index in [4.69, 9.17) is 9.47 Å². The maximum absolute atomic E-state index is 12.1.